The van der Waals surface area contributed by atoms with Crippen molar-refractivity contribution in [2.75, 3.05) is 50.6 Å². The number of ether oxygens (including phenoxy) is 2. The molecule has 3 rings (SSSR count). The van der Waals surface area contributed by atoms with Crippen LogP contribution in [0, 0.1) is 0 Å². The second-order valence-electron chi connectivity index (χ2n) is 8.15. The predicted molar refractivity (Wildman–Crippen MR) is 132 cm³/mol. The SMILES string of the molecule is CCOC(=O)CNC(=O)Nc1ccc(N(C)C)c(CN(C[C@@H]2CCCO2)C(=O)c2cccs2)c1. The molecule has 0 spiro atoms. The molecule has 0 aliphatic carbocycles. The van der Waals surface area contributed by atoms with E-state index in [-0.39, 0.29) is 25.2 Å². The van der Waals surface area contributed by atoms with Gasteiger partial charge in [-0.2, -0.15) is 0 Å². The van der Waals surface area contributed by atoms with Crippen LogP contribution >= 0.6 is 11.3 Å². The minimum Gasteiger partial charge on any atom is -0.465 e. The predicted octanol–water partition coefficient (Wildman–Crippen LogP) is 3.32. The van der Waals surface area contributed by atoms with E-state index < -0.39 is 12.0 Å². The second kappa shape index (κ2) is 12.4. The van der Waals surface area contributed by atoms with Gasteiger partial charge in [-0.05, 0) is 55.0 Å². The van der Waals surface area contributed by atoms with Crippen LogP contribution in [0.2, 0.25) is 0 Å². The number of carbonyl (C=O) groups excluding carboxylic acids is 3. The standard InChI is InChI=1S/C24H32N4O5S/c1-4-32-22(29)14-25-24(31)26-18-9-10-20(27(2)3)17(13-18)15-28(16-19-7-5-11-33-19)23(30)21-8-6-12-34-21/h6,8-10,12-13,19H,4-5,7,11,14-16H2,1-3H3,(H2,25,26,31)/t19-/m0/s1. The van der Waals surface area contributed by atoms with Gasteiger partial charge in [-0.3, -0.25) is 9.59 Å². The van der Waals surface area contributed by atoms with E-state index in [1.807, 2.05) is 53.5 Å². The third kappa shape index (κ3) is 7.19. The zero-order chi connectivity index (χ0) is 24.5. The highest BCUT2D eigenvalue weighted by Crippen LogP contribution is 2.27. The van der Waals surface area contributed by atoms with Gasteiger partial charge >= 0.3 is 12.0 Å². The Morgan fingerprint density at radius 1 is 1.24 bits per heavy atom. The summed E-state index contributed by atoms with van der Waals surface area (Å²) in [5, 5.41) is 7.12. The fraction of sp³-hybridized carbons (Fsp3) is 0.458. The van der Waals surface area contributed by atoms with Gasteiger partial charge in [-0.25, -0.2) is 4.79 Å². The van der Waals surface area contributed by atoms with Gasteiger partial charge in [0, 0.05) is 45.2 Å². The molecular weight excluding hydrogens is 456 g/mol. The molecule has 10 heteroatoms. The molecule has 184 valence electrons. The van der Waals surface area contributed by atoms with Gasteiger partial charge in [0.15, 0.2) is 0 Å². The first-order chi connectivity index (χ1) is 16.4. The first-order valence-electron chi connectivity index (χ1n) is 11.3. The van der Waals surface area contributed by atoms with Crippen LogP contribution in [-0.4, -0.2) is 69.3 Å². The molecule has 34 heavy (non-hydrogen) atoms. The molecule has 2 aromatic rings. The molecule has 1 aromatic heterocycles. The monoisotopic (exact) mass is 488 g/mol. The minimum absolute atomic E-state index is 0.0154. The number of nitrogens with one attached hydrogen (secondary N) is 2. The van der Waals surface area contributed by atoms with Gasteiger partial charge in [0.25, 0.3) is 5.91 Å². The molecule has 9 nitrogen and oxygen atoms in total. The lowest BCUT2D eigenvalue weighted by Crippen LogP contribution is -2.37. The Labute approximate surface area is 204 Å². The lowest BCUT2D eigenvalue weighted by Gasteiger charge is -2.28. The van der Waals surface area contributed by atoms with E-state index in [0.29, 0.717) is 23.7 Å². The van der Waals surface area contributed by atoms with Crippen molar-refractivity contribution in [3.63, 3.8) is 0 Å². The maximum absolute atomic E-state index is 13.3. The van der Waals surface area contributed by atoms with E-state index in [1.54, 1.807) is 13.0 Å². The Morgan fingerprint density at radius 3 is 2.71 bits per heavy atom. The summed E-state index contributed by atoms with van der Waals surface area (Å²) in [5.41, 5.74) is 2.38. The summed E-state index contributed by atoms with van der Waals surface area (Å²) >= 11 is 1.42. The van der Waals surface area contributed by atoms with Crippen molar-refractivity contribution in [1.29, 1.82) is 0 Å². The van der Waals surface area contributed by atoms with E-state index in [2.05, 4.69) is 10.6 Å². The zero-order valence-corrected chi connectivity index (χ0v) is 20.7. The van der Waals surface area contributed by atoms with Crippen LogP contribution in [0.1, 0.15) is 35.0 Å². The molecule has 0 saturated carbocycles. The molecule has 0 unspecified atom stereocenters. The van der Waals surface area contributed by atoms with Crippen molar-refractivity contribution in [3.8, 4) is 0 Å². The summed E-state index contributed by atoms with van der Waals surface area (Å²) < 4.78 is 10.6. The van der Waals surface area contributed by atoms with Crippen LogP contribution in [0.4, 0.5) is 16.2 Å². The van der Waals surface area contributed by atoms with Crippen LogP contribution < -0.4 is 15.5 Å². The normalized spacial score (nSPS) is 15.0. The van der Waals surface area contributed by atoms with Crippen LogP contribution in [-0.2, 0) is 20.8 Å². The number of amides is 3. The Kier molecular flexibility index (Phi) is 9.29. The minimum atomic E-state index is -0.512. The molecule has 3 amide bonds. The van der Waals surface area contributed by atoms with Gasteiger partial charge in [0.1, 0.15) is 6.54 Å². The van der Waals surface area contributed by atoms with Gasteiger partial charge in [-0.15, -0.1) is 11.3 Å². The number of anilines is 2. The third-order valence-corrected chi connectivity index (χ3v) is 6.20. The number of carbonyl (C=O) groups is 3. The number of rotatable bonds is 10. The number of urea groups is 1. The summed E-state index contributed by atoms with van der Waals surface area (Å²) in [7, 11) is 3.87. The van der Waals surface area contributed by atoms with Crippen LogP contribution in [0.5, 0.6) is 0 Å². The largest absolute Gasteiger partial charge is 0.465 e. The molecule has 1 atom stereocenters. The Hall–Kier alpha value is -3.11. The Bertz CT molecular complexity index is 974. The summed E-state index contributed by atoms with van der Waals surface area (Å²) in [4.78, 5) is 41.5. The van der Waals surface area contributed by atoms with Crippen molar-refractivity contribution in [2.45, 2.75) is 32.4 Å². The third-order valence-electron chi connectivity index (χ3n) is 5.35. The molecule has 2 heterocycles. The summed E-state index contributed by atoms with van der Waals surface area (Å²) in [6.45, 7) is 3.33. The highest BCUT2D eigenvalue weighted by molar-refractivity contribution is 7.12. The first-order valence-corrected chi connectivity index (χ1v) is 12.2. The molecule has 1 fully saturated rings. The van der Waals surface area contributed by atoms with E-state index in [0.717, 1.165) is 30.7 Å². The van der Waals surface area contributed by atoms with Crippen molar-refractivity contribution >= 4 is 40.6 Å². The molecule has 0 bridgehead atoms. The lowest BCUT2D eigenvalue weighted by atomic mass is 10.1. The number of hydrogen-bond acceptors (Lipinski definition) is 7. The molecule has 1 aliphatic rings. The van der Waals surface area contributed by atoms with E-state index >= 15 is 0 Å². The zero-order valence-electron chi connectivity index (χ0n) is 19.8. The van der Waals surface area contributed by atoms with Gasteiger partial charge in [0.05, 0.1) is 17.6 Å². The van der Waals surface area contributed by atoms with Crippen molar-refractivity contribution in [2.24, 2.45) is 0 Å². The second-order valence-corrected chi connectivity index (χ2v) is 9.10. The fourth-order valence-corrected chi connectivity index (χ4v) is 4.47. The summed E-state index contributed by atoms with van der Waals surface area (Å²) in [6.07, 6.45) is 1.94. The number of benzene rings is 1. The summed E-state index contributed by atoms with van der Waals surface area (Å²) in [6, 6.07) is 8.72. The number of esters is 1. The highest BCUT2D eigenvalue weighted by Gasteiger charge is 2.25. The smallest absolute Gasteiger partial charge is 0.325 e. The van der Waals surface area contributed by atoms with E-state index in [1.165, 1.54) is 11.3 Å². The average Bonchev–Trinajstić information content (AvgIpc) is 3.51. The molecule has 1 aromatic carbocycles. The topological polar surface area (TPSA) is 100 Å². The van der Waals surface area contributed by atoms with E-state index in [9.17, 15) is 14.4 Å². The van der Waals surface area contributed by atoms with Gasteiger partial charge in [-0.1, -0.05) is 6.07 Å². The van der Waals surface area contributed by atoms with Gasteiger partial charge < -0.3 is 29.9 Å². The molecule has 2 N–H and O–H groups in total. The first kappa shape index (κ1) is 25.5. The fourth-order valence-electron chi connectivity index (χ4n) is 3.78. The van der Waals surface area contributed by atoms with E-state index in [4.69, 9.17) is 9.47 Å². The quantitative estimate of drug-likeness (QED) is 0.498. The average molecular weight is 489 g/mol. The molecule has 1 saturated heterocycles. The van der Waals surface area contributed by atoms with Crippen molar-refractivity contribution in [1.82, 2.24) is 10.2 Å². The number of hydrogen-bond donors (Lipinski definition) is 2. The molecule has 0 radical (unpaired) electrons. The van der Waals surface area contributed by atoms with Crippen LogP contribution in [0.25, 0.3) is 0 Å². The lowest BCUT2D eigenvalue weighted by molar-refractivity contribution is -0.141. The number of thiophene rings is 1. The number of nitrogens with zero attached hydrogens (tertiary/aromatic N) is 2. The maximum Gasteiger partial charge on any atom is 0.325 e. The molecular formula is C24H32N4O5S. The van der Waals surface area contributed by atoms with Crippen molar-refractivity contribution < 1.29 is 23.9 Å². The Morgan fingerprint density at radius 2 is 2.06 bits per heavy atom. The van der Waals surface area contributed by atoms with Gasteiger partial charge in [0.2, 0.25) is 0 Å². The maximum atomic E-state index is 13.3. The molecule has 1 aliphatic heterocycles. The van der Waals surface area contributed by atoms with Crippen LogP contribution in [0.15, 0.2) is 35.7 Å². The van der Waals surface area contributed by atoms with Crippen LogP contribution in [0.3, 0.4) is 0 Å². The van der Waals surface area contributed by atoms with Crippen molar-refractivity contribution in [3.05, 3.63) is 46.2 Å². The Balaban J connectivity index is 1.77. The highest BCUT2D eigenvalue weighted by atomic mass is 32.1. The summed E-state index contributed by atoms with van der Waals surface area (Å²) in [5.74, 6) is -0.543.